The van der Waals surface area contributed by atoms with Gasteiger partial charge in [0, 0.05) is 0 Å². The van der Waals surface area contributed by atoms with Gasteiger partial charge in [-0.2, -0.15) is 0 Å². The number of rotatable bonds is 6. The van der Waals surface area contributed by atoms with Gasteiger partial charge in [0.25, 0.3) is 0 Å². The Balaban J connectivity index is 1.84. The Morgan fingerprint density at radius 1 is 1.60 bits per heavy atom. The molecule has 0 aliphatic rings. The second kappa shape index (κ2) is 7.06. The van der Waals surface area contributed by atoms with Crippen LogP contribution in [-0.4, -0.2) is 28.8 Å². The third-order valence-corrected chi connectivity index (χ3v) is 3.62. The molecular formula is C13H17N3O3S. The highest BCUT2D eigenvalue weighted by molar-refractivity contribution is 7.13. The summed E-state index contributed by atoms with van der Waals surface area (Å²) < 4.78 is 5.35. The number of urea groups is 1. The SMILES string of the molecule is CCC(CO)NC(=O)NCc1coc(-c2cccs2)n1. The molecule has 0 radical (unpaired) electrons. The lowest BCUT2D eigenvalue weighted by molar-refractivity contribution is 0.214. The first-order chi connectivity index (χ1) is 9.72. The molecular weight excluding hydrogens is 278 g/mol. The maximum atomic E-state index is 11.6. The summed E-state index contributed by atoms with van der Waals surface area (Å²) in [6.07, 6.45) is 2.20. The Labute approximate surface area is 120 Å². The zero-order valence-corrected chi connectivity index (χ0v) is 11.9. The standard InChI is InChI=1S/C13H17N3O3S/c1-2-9(7-17)16-13(18)14-6-10-8-19-12(15-10)11-4-3-5-20-11/h3-5,8-9,17H,2,6-7H2,1H3,(H2,14,16,18). The van der Waals surface area contributed by atoms with Gasteiger partial charge in [0.05, 0.1) is 29.8 Å². The Bertz CT molecular complexity index is 535. The first kappa shape index (κ1) is 14.5. The molecule has 2 heterocycles. The second-order valence-corrected chi connectivity index (χ2v) is 5.18. The van der Waals surface area contributed by atoms with Crippen molar-refractivity contribution in [2.45, 2.75) is 25.9 Å². The molecule has 1 atom stereocenters. The van der Waals surface area contributed by atoms with Gasteiger partial charge in [0.1, 0.15) is 6.26 Å². The van der Waals surface area contributed by atoms with Crippen LogP contribution in [0.15, 0.2) is 28.2 Å². The van der Waals surface area contributed by atoms with Crippen LogP contribution in [0.2, 0.25) is 0 Å². The molecule has 0 spiro atoms. The average molecular weight is 295 g/mol. The number of nitrogens with one attached hydrogen (secondary N) is 2. The highest BCUT2D eigenvalue weighted by Gasteiger charge is 2.11. The number of aliphatic hydroxyl groups excluding tert-OH is 1. The van der Waals surface area contributed by atoms with Gasteiger partial charge < -0.3 is 20.2 Å². The van der Waals surface area contributed by atoms with E-state index in [-0.39, 0.29) is 25.2 Å². The summed E-state index contributed by atoms with van der Waals surface area (Å²) in [5, 5.41) is 16.3. The Morgan fingerprint density at radius 3 is 3.10 bits per heavy atom. The van der Waals surface area contributed by atoms with Crippen molar-refractivity contribution in [3.8, 4) is 10.8 Å². The molecule has 20 heavy (non-hydrogen) atoms. The zero-order chi connectivity index (χ0) is 14.4. The number of nitrogens with zero attached hydrogens (tertiary/aromatic N) is 1. The van der Waals surface area contributed by atoms with Crippen molar-refractivity contribution in [2.75, 3.05) is 6.61 Å². The Hall–Kier alpha value is -1.86. The molecule has 0 saturated carbocycles. The van der Waals surface area contributed by atoms with Crippen LogP contribution in [0.3, 0.4) is 0 Å². The lowest BCUT2D eigenvalue weighted by Gasteiger charge is -2.14. The minimum atomic E-state index is -0.327. The van der Waals surface area contributed by atoms with E-state index in [2.05, 4.69) is 15.6 Å². The number of aliphatic hydroxyl groups is 1. The predicted molar refractivity (Wildman–Crippen MR) is 76.4 cm³/mol. The molecule has 0 aromatic carbocycles. The van der Waals surface area contributed by atoms with Gasteiger partial charge in [0.15, 0.2) is 0 Å². The molecule has 108 valence electrons. The minimum absolute atomic E-state index is 0.0730. The van der Waals surface area contributed by atoms with E-state index in [9.17, 15) is 4.79 Å². The van der Waals surface area contributed by atoms with Crippen molar-refractivity contribution in [1.29, 1.82) is 0 Å². The smallest absolute Gasteiger partial charge is 0.315 e. The molecule has 2 aromatic heterocycles. The molecule has 3 N–H and O–H groups in total. The maximum Gasteiger partial charge on any atom is 0.315 e. The highest BCUT2D eigenvalue weighted by atomic mass is 32.1. The molecule has 1 unspecified atom stereocenters. The van der Waals surface area contributed by atoms with Crippen LogP contribution >= 0.6 is 11.3 Å². The number of carbonyl (C=O) groups excluding carboxylic acids is 1. The molecule has 7 heteroatoms. The third kappa shape index (κ3) is 3.82. The van der Waals surface area contributed by atoms with Crippen LogP contribution in [0.1, 0.15) is 19.0 Å². The van der Waals surface area contributed by atoms with Gasteiger partial charge >= 0.3 is 6.03 Å². The normalized spacial score (nSPS) is 12.1. The number of aromatic nitrogens is 1. The molecule has 2 amide bonds. The van der Waals surface area contributed by atoms with E-state index in [0.717, 1.165) is 4.88 Å². The van der Waals surface area contributed by atoms with Crippen LogP contribution in [0.25, 0.3) is 10.8 Å². The van der Waals surface area contributed by atoms with Gasteiger partial charge in [-0.05, 0) is 17.9 Å². The topological polar surface area (TPSA) is 87.4 Å². The number of thiophene rings is 1. The summed E-state index contributed by atoms with van der Waals surface area (Å²) in [6.45, 7) is 2.10. The summed E-state index contributed by atoms with van der Waals surface area (Å²) >= 11 is 1.54. The van der Waals surface area contributed by atoms with Gasteiger partial charge in [-0.25, -0.2) is 9.78 Å². The average Bonchev–Trinajstić information content (AvgIpc) is 3.12. The lowest BCUT2D eigenvalue weighted by atomic mass is 10.2. The van der Waals surface area contributed by atoms with Crippen LogP contribution in [0, 0.1) is 0 Å². The van der Waals surface area contributed by atoms with Crippen LogP contribution in [0.4, 0.5) is 4.79 Å². The summed E-state index contributed by atoms with van der Waals surface area (Å²) in [5.41, 5.74) is 0.653. The van der Waals surface area contributed by atoms with E-state index in [4.69, 9.17) is 9.52 Å². The summed E-state index contributed by atoms with van der Waals surface area (Å²) in [7, 11) is 0. The fourth-order valence-electron chi connectivity index (χ4n) is 1.59. The fraction of sp³-hybridized carbons (Fsp3) is 0.385. The first-order valence-corrected chi connectivity index (χ1v) is 7.24. The maximum absolute atomic E-state index is 11.6. The zero-order valence-electron chi connectivity index (χ0n) is 11.1. The van der Waals surface area contributed by atoms with Gasteiger partial charge in [0.2, 0.25) is 5.89 Å². The summed E-state index contributed by atoms with van der Waals surface area (Å²) in [6, 6.07) is 3.30. The third-order valence-electron chi connectivity index (χ3n) is 2.76. The van der Waals surface area contributed by atoms with E-state index in [1.165, 1.54) is 6.26 Å². The highest BCUT2D eigenvalue weighted by Crippen LogP contribution is 2.23. The van der Waals surface area contributed by atoms with E-state index in [0.29, 0.717) is 18.0 Å². The Morgan fingerprint density at radius 2 is 2.45 bits per heavy atom. The summed E-state index contributed by atoms with van der Waals surface area (Å²) in [4.78, 5) is 16.8. The van der Waals surface area contributed by atoms with Crippen molar-refractivity contribution in [2.24, 2.45) is 0 Å². The number of hydrogen-bond donors (Lipinski definition) is 3. The van der Waals surface area contributed by atoms with Crippen LogP contribution in [-0.2, 0) is 6.54 Å². The molecule has 0 aliphatic heterocycles. The van der Waals surface area contributed by atoms with E-state index < -0.39 is 0 Å². The van der Waals surface area contributed by atoms with Gasteiger partial charge in [-0.1, -0.05) is 13.0 Å². The number of hydrogen-bond acceptors (Lipinski definition) is 5. The van der Waals surface area contributed by atoms with Gasteiger partial charge in [-0.15, -0.1) is 11.3 Å². The van der Waals surface area contributed by atoms with Crippen molar-refractivity contribution in [3.05, 3.63) is 29.5 Å². The largest absolute Gasteiger partial charge is 0.443 e. The monoisotopic (exact) mass is 295 g/mol. The van der Waals surface area contributed by atoms with Crippen LogP contribution < -0.4 is 10.6 Å². The second-order valence-electron chi connectivity index (χ2n) is 4.24. The van der Waals surface area contributed by atoms with Crippen molar-refractivity contribution in [3.63, 3.8) is 0 Å². The molecule has 0 bridgehead atoms. The lowest BCUT2D eigenvalue weighted by Crippen LogP contribution is -2.43. The van der Waals surface area contributed by atoms with E-state index in [1.807, 2.05) is 24.4 Å². The molecule has 2 rings (SSSR count). The number of carbonyl (C=O) groups is 1. The van der Waals surface area contributed by atoms with Crippen molar-refractivity contribution >= 4 is 17.4 Å². The van der Waals surface area contributed by atoms with Gasteiger partial charge in [-0.3, -0.25) is 0 Å². The fourth-order valence-corrected chi connectivity index (χ4v) is 2.24. The van der Waals surface area contributed by atoms with E-state index >= 15 is 0 Å². The predicted octanol–water partition coefficient (Wildman–Crippen LogP) is 1.97. The Kier molecular flexibility index (Phi) is 5.14. The quantitative estimate of drug-likeness (QED) is 0.760. The van der Waals surface area contributed by atoms with Crippen molar-refractivity contribution in [1.82, 2.24) is 15.6 Å². The van der Waals surface area contributed by atoms with Crippen molar-refractivity contribution < 1.29 is 14.3 Å². The van der Waals surface area contributed by atoms with Crippen LogP contribution in [0.5, 0.6) is 0 Å². The summed E-state index contributed by atoms with van der Waals surface area (Å²) in [5.74, 6) is 0.555. The molecule has 2 aromatic rings. The minimum Gasteiger partial charge on any atom is -0.443 e. The number of amides is 2. The molecule has 6 nitrogen and oxygen atoms in total. The number of oxazole rings is 1. The molecule has 0 saturated heterocycles. The first-order valence-electron chi connectivity index (χ1n) is 6.36. The molecule has 0 aliphatic carbocycles. The molecule has 0 fully saturated rings. The van der Waals surface area contributed by atoms with E-state index in [1.54, 1.807) is 11.3 Å².